The summed E-state index contributed by atoms with van der Waals surface area (Å²) >= 11 is 3.31. The average molecular weight is 630 g/mol. The minimum Gasteiger partial charge on any atom is -0.394 e. The Kier molecular flexibility index (Phi) is 7.89. The van der Waals surface area contributed by atoms with E-state index >= 15 is 0 Å². The highest BCUT2D eigenvalue weighted by molar-refractivity contribution is 9.10. The lowest BCUT2D eigenvalue weighted by molar-refractivity contribution is -0.141. The Bertz CT molecular complexity index is 1640. The zero-order chi connectivity index (χ0) is 29.5. The monoisotopic (exact) mass is 629 g/mol. The quantitative estimate of drug-likeness (QED) is 0.284. The van der Waals surface area contributed by atoms with Crippen molar-refractivity contribution in [1.29, 1.82) is 0 Å². The van der Waals surface area contributed by atoms with Crippen LogP contribution in [0.3, 0.4) is 0 Å². The van der Waals surface area contributed by atoms with Crippen LogP contribution in [-0.4, -0.2) is 55.8 Å². The molecule has 41 heavy (non-hydrogen) atoms. The molecule has 1 aliphatic heterocycles. The van der Waals surface area contributed by atoms with Crippen LogP contribution in [0.2, 0.25) is 0 Å². The van der Waals surface area contributed by atoms with Gasteiger partial charge in [-0.1, -0.05) is 28.1 Å². The minimum atomic E-state index is -4.72. The summed E-state index contributed by atoms with van der Waals surface area (Å²) in [5, 5.41) is 17.1. The fraction of sp³-hybridized carbons (Fsp3) is 0.310. The molecule has 5 rings (SSSR count). The molecular weight excluding hydrogens is 603 g/mol. The van der Waals surface area contributed by atoms with Crippen LogP contribution >= 0.6 is 15.9 Å². The number of pyridine rings is 1. The van der Waals surface area contributed by atoms with E-state index in [9.17, 15) is 27.9 Å². The number of benzene rings is 2. The normalized spacial score (nSPS) is 15.5. The van der Waals surface area contributed by atoms with Crippen LogP contribution in [0.15, 0.2) is 53.0 Å². The van der Waals surface area contributed by atoms with Gasteiger partial charge in [0.05, 0.1) is 47.3 Å². The van der Waals surface area contributed by atoms with Crippen LogP contribution in [-0.2, 0) is 12.7 Å². The molecular formula is C29H27BrF3N5O3. The Morgan fingerprint density at radius 1 is 1.12 bits per heavy atom. The number of fused-ring (bicyclic) bond motifs is 1. The molecule has 0 aliphatic carbocycles. The van der Waals surface area contributed by atoms with Gasteiger partial charge in [-0.2, -0.15) is 18.3 Å². The molecule has 2 aromatic carbocycles. The standard InChI is InChI=1S/C29H27BrF3N5O3/c1-16-26(35-27(40)23-13-25(29(31,32)33)34-24-10-9-20(30)12-22(23)24)17(2)38(36-16)14-18-5-7-19(8-6-18)28(41)37-11-3-4-21(37)15-39/h5-10,12-13,21,39H,3-4,11,14-15H2,1-2H3,(H,35,40)/t21-/m1/s1. The number of aliphatic hydroxyl groups is 1. The van der Waals surface area contributed by atoms with Gasteiger partial charge in [-0.3, -0.25) is 14.3 Å². The van der Waals surface area contributed by atoms with Crippen LogP contribution in [0.5, 0.6) is 0 Å². The Labute approximate surface area is 242 Å². The number of aliphatic hydroxyl groups excluding tert-OH is 1. The lowest BCUT2D eigenvalue weighted by Gasteiger charge is -2.23. The molecule has 12 heteroatoms. The Morgan fingerprint density at radius 2 is 1.85 bits per heavy atom. The molecule has 0 radical (unpaired) electrons. The molecule has 0 spiro atoms. The maximum atomic E-state index is 13.5. The van der Waals surface area contributed by atoms with Gasteiger partial charge in [0.15, 0.2) is 0 Å². The van der Waals surface area contributed by atoms with Gasteiger partial charge in [0.2, 0.25) is 0 Å². The number of likely N-dealkylation sites (tertiary alicyclic amines) is 1. The van der Waals surface area contributed by atoms with E-state index in [4.69, 9.17) is 0 Å². The van der Waals surface area contributed by atoms with E-state index in [-0.39, 0.29) is 35.0 Å². The van der Waals surface area contributed by atoms with E-state index < -0.39 is 17.8 Å². The third-order valence-corrected chi connectivity index (χ3v) is 7.80. The first-order valence-corrected chi connectivity index (χ1v) is 13.8. The van der Waals surface area contributed by atoms with Gasteiger partial charge in [-0.15, -0.1) is 0 Å². The number of nitrogens with zero attached hydrogens (tertiary/aromatic N) is 4. The van der Waals surface area contributed by atoms with Crippen molar-refractivity contribution in [3.05, 3.63) is 86.8 Å². The number of hydrogen-bond acceptors (Lipinski definition) is 5. The summed E-state index contributed by atoms with van der Waals surface area (Å²) in [6.07, 6.45) is -3.07. The topological polar surface area (TPSA) is 100 Å². The van der Waals surface area contributed by atoms with E-state index in [0.29, 0.717) is 40.2 Å². The SMILES string of the molecule is Cc1nn(Cc2ccc(C(=O)N3CCC[C@@H]3CO)cc2)c(C)c1NC(=O)c1cc(C(F)(F)F)nc2ccc(Br)cc12. The number of nitrogens with one attached hydrogen (secondary N) is 1. The van der Waals surface area contributed by atoms with Crippen LogP contribution < -0.4 is 5.32 Å². The average Bonchev–Trinajstić information content (AvgIpc) is 3.52. The maximum Gasteiger partial charge on any atom is 0.433 e. The van der Waals surface area contributed by atoms with Gasteiger partial charge in [0.25, 0.3) is 11.8 Å². The molecule has 0 bridgehead atoms. The van der Waals surface area contributed by atoms with Gasteiger partial charge >= 0.3 is 6.18 Å². The second-order valence-electron chi connectivity index (χ2n) is 10.0. The first-order chi connectivity index (χ1) is 19.5. The van der Waals surface area contributed by atoms with Crippen LogP contribution in [0.4, 0.5) is 18.9 Å². The molecule has 4 aromatic rings. The number of rotatable bonds is 6. The third kappa shape index (κ3) is 5.84. The van der Waals surface area contributed by atoms with Gasteiger partial charge in [0.1, 0.15) is 5.69 Å². The van der Waals surface area contributed by atoms with Gasteiger partial charge in [-0.25, -0.2) is 4.98 Å². The number of hydrogen-bond donors (Lipinski definition) is 2. The number of aryl methyl sites for hydroxylation is 1. The molecule has 8 nitrogen and oxygen atoms in total. The fourth-order valence-electron chi connectivity index (χ4n) is 5.13. The minimum absolute atomic E-state index is 0.0517. The molecule has 1 fully saturated rings. The number of halogens is 4. The van der Waals surface area contributed by atoms with E-state index in [1.54, 1.807) is 47.7 Å². The fourth-order valence-corrected chi connectivity index (χ4v) is 5.49. The summed E-state index contributed by atoms with van der Waals surface area (Å²) in [5.41, 5.74) is 1.67. The first kappa shape index (κ1) is 28.7. The lowest BCUT2D eigenvalue weighted by Crippen LogP contribution is -2.37. The molecule has 0 saturated carbocycles. The van der Waals surface area contributed by atoms with Gasteiger partial charge < -0.3 is 15.3 Å². The molecule has 1 atom stereocenters. The van der Waals surface area contributed by atoms with Crippen LogP contribution in [0, 0.1) is 13.8 Å². The first-order valence-electron chi connectivity index (χ1n) is 13.0. The zero-order valence-electron chi connectivity index (χ0n) is 22.3. The molecule has 2 aromatic heterocycles. The predicted molar refractivity (Wildman–Crippen MR) is 151 cm³/mol. The molecule has 2 N–H and O–H groups in total. The number of alkyl halides is 3. The van der Waals surface area contributed by atoms with E-state index in [1.807, 2.05) is 12.1 Å². The summed E-state index contributed by atoms with van der Waals surface area (Å²) in [4.78, 5) is 31.6. The van der Waals surface area contributed by atoms with E-state index in [0.717, 1.165) is 24.5 Å². The van der Waals surface area contributed by atoms with Crippen molar-refractivity contribution in [2.24, 2.45) is 0 Å². The molecule has 1 aliphatic rings. The summed E-state index contributed by atoms with van der Waals surface area (Å²) in [5.74, 6) is -0.828. The van der Waals surface area contributed by atoms with Crippen LogP contribution in [0.1, 0.15) is 56.2 Å². The second kappa shape index (κ2) is 11.2. The highest BCUT2D eigenvalue weighted by Gasteiger charge is 2.34. The van der Waals surface area contributed by atoms with Crippen molar-refractivity contribution in [2.75, 3.05) is 18.5 Å². The summed E-state index contributed by atoms with van der Waals surface area (Å²) < 4.78 is 42.9. The molecule has 1 saturated heterocycles. The molecule has 3 heterocycles. The van der Waals surface area contributed by atoms with Crippen molar-refractivity contribution >= 4 is 44.3 Å². The Balaban J connectivity index is 1.37. The van der Waals surface area contributed by atoms with Crippen molar-refractivity contribution < 1.29 is 27.9 Å². The molecule has 0 unspecified atom stereocenters. The Morgan fingerprint density at radius 3 is 2.54 bits per heavy atom. The number of carbonyl (C=O) groups excluding carboxylic acids is 2. The molecule has 2 amide bonds. The molecule has 214 valence electrons. The van der Waals surface area contributed by atoms with Crippen molar-refractivity contribution in [1.82, 2.24) is 19.7 Å². The number of amides is 2. The smallest absolute Gasteiger partial charge is 0.394 e. The summed E-state index contributed by atoms with van der Waals surface area (Å²) in [7, 11) is 0. The van der Waals surface area contributed by atoms with Crippen molar-refractivity contribution in [3.8, 4) is 0 Å². The van der Waals surface area contributed by atoms with E-state index in [2.05, 4.69) is 31.3 Å². The Hall–Kier alpha value is -3.77. The number of aromatic nitrogens is 3. The second-order valence-corrected chi connectivity index (χ2v) is 11.0. The predicted octanol–water partition coefficient (Wildman–Crippen LogP) is 5.73. The summed E-state index contributed by atoms with van der Waals surface area (Å²) in [6.45, 7) is 4.38. The van der Waals surface area contributed by atoms with Gasteiger partial charge in [0, 0.05) is 22.0 Å². The maximum absolute atomic E-state index is 13.5. The van der Waals surface area contributed by atoms with Crippen LogP contribution in [0.25, 0.3) is 10.9 Å². The largest absolute Gasteiger partial charge is 0.433 e. The highest BCUT2D eigenvalue weighted by Crippen LogP contribution is 2.33. The highest BCUT2D eigenvalue weighted by atomic mass is 79.9. The lowest BCUT2D eigenvalue weighted by atomic mass is 10.1. The van der Waals surface area contributed by atoms with Crippen molar-refractivity contribution in [2.45, 2.75) is 45.5 Å². The van der Waals surface area contributed by atoms with Crippen molar-refractivity contribution in [3.63, 3.8) is 0 Å². The number of carbonyl (C=O) groups is 2. The zero-order valence-corrected chi connectivity index (χ0v) is 23.9. The third-order valence-electron chi connectivity index (χ3n) is 7.31. The number of anilines is 1. The summed E-state index contributed by atoms with van der Waals surface area (Å²) in [6, 6.07) is 12.3. The van der Waals surface area contributed by atoms with E-state index in [1.165, 1.54) is 6.07 Å². The van der Waals surface area contributed by atoms with Gasteiger partial charge in [-0.05, 0) is 68.7 Å².